The summed E-state index contributed by atoms with van der Waals surface area (Å²) in [7, 11) is -6.97. The number of sulfone groups is 1. The van der Waals surface area contributed by atoms with Crippen molar-refractivity contribution in [3.05, 3.63) is 54.1 Å². The van der Waals surface area contributed by atoms with Crippen LogP contribution in [0.5, 0.6) is 0 Å². The second-order valence-electron chi connectivity index (χ2n) is 8.36. The van der Waals surface area contributed by atoms with Gasteiger partial charge in [-0.2, -0.15) is 4.31 Å². The van der Waals surface area contributed by atoms with Crippen LogP contribution in [0.25, 0.3) is 11.5 Å². The standard InChI is InChI=1S/C23H26N4O6S2/c1-3-18-6-4-5-15-27(18)35(31,32)20-13-7-16(8-14-20)21(28)24-23-26-25-22(33-23)17-9-11-19(12-10-17)34(2,29)30/h7-14,18H,3-6,15H2,1-2H3,(H,24,26,28). The molecular weight excluding hydrogens is 492 g/mol. The maximum absolute atomic E-state index is 13.1. The van der Waals surface area contributed by atoms with Gasteiger partial charge in [0, 0.05) is 30.0 Å². The summed E-state index contributed by atoms with van der Waals surface area (Å²) in [5.74, 6) is -0.435. The van der Waals surface area contributed by atoms with Gasteiger partial charge < -0.3 is 4.42 Å². The number of amides is 1. The molecule has 3 aromatic rings. The lowest BCUT2D eigenvalue weighted by molar-refractivity contribution is 0.102. The van der Waals surface area contributed by atoms with Crippen molar-refractivity contribution in [2.75, 3.05) is 18.1 Å². The molecule has 0 saturated carbocycles. The number of carbonyl (C=O) groups excluding carboxylic acids is 1. The molecule has 2 heterocycles. The zero-order valence-corrected chi connectivity index (χ0v) is 21.0. The summed E-state index contributed by atoms with van der Waals surface area (Å²) in [6.45, 7) is 2.49. The number of nitrogens with zero attached hydrogens (tertiary/aromatic N) is 3. The first-order valence-electron chi connectivity index (χ1n) is 11.2. The second kappa shape index (κ2) is 9.88. The van der Waals surface area contributed by atoms with Crippen molar-refractivity contribution in [2.45, 2.75) is 48.4 Å². The maximum Gasteiger partial charge on any atom is 0.322 e. The molecule has 1 atom stereocenters. The van der Waals surface area contributed by atoms with E-state index >= 15 is 0 Å². The van der Waals surface area contributed by atoms with E-state index in [1.54, 1.807) is 4.31 Å². The van der Waals surface area contributed by atoms with E-state index in [-0.39, 0.29) is 33.3 Å². The van der Waals surface area contributed by atoms with E-state index in [2.05, 4.69) is 15.5 Å². The van der Waals surface area contributed by atoms with E-state index in [1.807, 2.05) is 6.92 Å². The minimum Gasteiger partial charge on any atom is -0.403 e. The summed E-state index contributed by atoms with van der Waals surface area (Å²) < 4.78 is 56.4. The Balaban J connectivity index is 1.45. The predicted octanol–water partition coefficient (Wildman–Crippen LogP) is 3.35. The van der Waals surface area contributed by atoms with Crippen LogP contribution in [-0.4, -0.2) is 56.1 Å². The van der Waals surface area contributed by atoms with Crippen molar-refractivity contribution in [1.82, 2.24) is 14.5 Å². The zero-order valence-electron chi connectivity index (χ0n) is 19.3. The van der Waals surface area contributed by atoms with Gasteiger partial charge in [0.05, 0.1) is 9.79 Å². The lowest BCUT2D eigenvalue weighted by Crippen LogP contribution is -2.43. The Morgan fingerprint density at radius 1 is 1.00 bits per heavy atom. The summed E-state index contributed by atoms with van der Waals surface area (Å²) in [5, 5.41) is 10.2. The van der Waals surface area contributed by atoms with Gasteiger partial charge in [-0.05, 0) is 67.8 Å². The number of anilines is 1. The number of sulfonamides is 1. The number of rotatable bonds is 7. The molecule has 4 rings (SSSR count). The van der Waals surface area contributed by atoms with Gasteiger partial charge in [0.1, 0.15) is 0 Å². The van der Waals surface area contributed by atoms with Crippen LogP contribution in [0, 0.1) is 0 Å². The summed E-state index contributed by atoms with van der Waals surface area (Å²) in [5.41, 5.74) is 0.718. The fourth-order valence-electron chi connectivity index (χ4n) is 4.02. The van der Waals surface area contributed by atoms with Gasteiger partial charge in [-0.3, -0.25) is 10.1 Å². The van der Waals surface area contributed by atoms with Crippen LogP contribution >= 0.6 is 0 Å². The Morgan fingerprint density at radius 3 is 2.29 bits per heavy atom. The molecule has 1 amide bonds. The topological polar surface area (TPSA) is 140 Å². The highest BCUT2D eigenvalue weighted by atomic mass is 32.2. The first-order valence-corrected chi connectivity index (χ1v) is 14.5. The summed E-state index contributed by atoms with van der Waals surface area (Å²) in [4.78, 5) is 12.9. The van der Waals surface area contributed by atoms with Crippen molar-refractivity contribution < 1.29 is 26.0 Å². The molecule has 1 fully saturated rings. The van der Waals surface area contributed by atoms with Crippen LogP contribution in [0.4, 0.5) is 6.01 Å². The Labute approximate surface area is 204 Å². The van der Waals surface area contributed by atoms with Crippen LogP contribution < -0.4 is 5.32 Å². The molecule has 0 aliphatic carbocycles. The van der Waals surface area contributed by atoms with Crippen molar-refractivity contribution in [3.8, 4) is 11.5 Å². The van der Waals surface area contributed by atoms with Crippen LogP contribution in [0.2, 0.25) is 0 Å². The molecule has 0 spiro atoms. The summed E-state index contributed by atoms with van der Waals surface area (Å²) in [6, 6.07) is 11.5. The third-order valence-electron chi connectivity index (χ3n) is 5.94. The van der Waals surface area contributed by atoms with Gasteiger partial charge >= 0.3 is 6.01 Å². The number of hydrogen-bond acceptors (Lipinski definition) is 8. The molecule has 2 aromatic carbocycles. The normalized spacial score (nSPS) is 17.3. The molecule has 1 N–H and O–H groups in total. The Hall–Kier alpha value is -3.09. The SMILES string of the molecule is CCC1CCCCN1S(=O)(=O)c1ccc(C(=O)Nc2nnc(-c3ccc(S(C)(=O)=O)cc3)o2)cc1. The lowest BCUT2D eigenvalue weighted by atomic mass is 10.0. The van der Waals surface area contributed by atoms with Gasteiger partial charge in [0.15, 0.2) is 9.84 Å². The molecule has 1 saturated heterocycles. The molecule has 12 heteroatoms. The first kappa shape index (κ1) is 25.0. The van der Waals surface area contributed by atoms with Crippen LogP contribution in [-0.2, 0) is 19.9 Å². The lowest BCUT2D eigenvalue weighted by Gasteiger charge is -2.34. The predicted molar refractivity (Wildman–Crippen MR) is 129 cm³/mol. The monoisotopic (exact) mass is 518 g/mol. The largest absolute Gasteiger partial charge is 0.403 e. The molecular formula is C23H26N4O6S2. The van der Waals surface area contributed by atoms with Crippen LogP contribution in [0.3, 0.4) is 0 Å². The average Bonchev–Trinajstić information content (AvgIpc) is 3.32. The maximum atomic E-state index is 13.1. The van der Waals surface area contributed by atoms with E-state index in [0.717, 1.165) is 31.9 Å². The van der Waals surface area contributed by atoms with Gasteiger partial charge in [-0.1, -0.05) is 18.4 Å². The quantitative estimate of drug-likeness (QED) is 0.502. The third-order valence-corrected chi connectivity index (χ3v) is 9.04. The molecule has 1 aliphatic heterocycles. The fraction of sp³-hybridized carbons (Fsp3) is 0.348. The molecule has 35 heavy (non-hydrogen) atoms. The molecule has 1 aliphatic rings. The average molecular weight is 519 g/mol. The highest BCUT2D eigenvalue weighted by Crippen LogP contribution is 2.27. The Morgan fingerprint density at radius 2 is 1.66 bits per heavy atom. The molecule has 0 radical (unpaired) electrons. The van der Waals surface area contributed by atoms with Gasteiger partial charge in [-0.25, -0.2) is 16.8 Å². The highest BCUT2D eigenvalue weighted by molar-refractivity contribution is 7.90. The van der Waals surface area contributed by atoms with Crippen molar-refractivity contribution >= 4 is 31.8 Å². The smallest absolute Gasteiger partial charge is 0.322 e. The number of carbonyl (C=O) groups is 1. The van der Waals surface area contributed by atoms with Crippen molar-refractivity contribution in [1.29, 1.82) is 0 Å². The third kappa shape index (κ3) is 5.44. The fourth-order valence-corrected chi connectivity index (χ4v) is 6.41. The molecule has 1 aromatic heterocycles. The van der Waals surface area contributed by atoms with Gasteiger partial charge in [-0.15, -0.1) is 5.10 Å². The molecule has 186 valence electrons. The van der Waals surface area contributed by atoms with Crippen LogP contribution in [0.1, 0.15) is 43.0 Å². The number of benzene rings is 2. The number of piperidine rings is 1. The van der Waals surface area contributed by atoms with E-state index in [4.69, 9.17) is 4.42 Å². The van der Waals surface area contributed by atoms with Gasteiger partial charge in [0.2, 0.25) is 15.9 Å². The minimum atomic E-state index is -3.64. The number of nitrogens with one attached hydrogen (secondary N) is 1. The van der Waals surface area contributed by atoms with Crippen molar-refractivity contribution in [2.24, 2.45) is 0 Å². The van der Waals surface area contributed by atoms with E-state index in [1.165, 1.54) is 48.5 Å². The van der Waals surface area contributed by atoms with Crippen LogP contribution in [0.15, 0.2) is 62.7 Å². The minimum absolute atomic E-state index is 0.00831. The summed E-state index contributed by atoms with van der Waals surface area (Å²) in [6.07, 6.45) is 4.58. The van der Waals surface area contributed by atoms with Crippen molar-refractivity contribution in [3.63, 3.8) is 0 Å². The van der Waals surface area contributed by atoms with Gasteiger partial charge in [0.25, 0.3) is 5.91 Å². The second-order valence-corrected chi connectivity index (χ2v) is 12.3. The first-order chi connectivity index (χ1) is 16.6. The number of hydrogen-bond donors (Lipinski definition) is 1. The highest BCUT2D eigenvalue weighted by Gasteiger charge is 2.32. The Kier molecular flexibility index (Phi) is 7.06. The van der Waals surface area contributed by atoms with E-state index < -0.39 is 25.8 Å². The van der Waals surface area contributed by atoms with E-state index in [9.17, 15) is 21.6 Å². The Bertz CT molecular complexity index is 1420. The molecule has 10 nitrogen and oxygen atoms in total. The molecule has 1 unspecified atom stereocenters. The number of aromatic nitrogens is 2. The summed E-state index contributed by atoms with van der Waals surface area (Å²) >= 11 is 0. The zero-order chi connectivity index (χ0) is 25.2. The van der Waals surface area contributed by atoms with E-state index in [0.29, 0.717) is 12.1 Å². The molecule has 0 bridgehead atoms.